The van der Waals surface area contributed by atoms with Gasteiger partial charge in [0.25, 0.3) is 11.5 Å². The van der Waals surface area contributed by atoms with Crippen molar-refractivity contribution in [2.24, 2.45) is 5.73 Å². The lowest BCUT2D eigenvalue weighted by molar-refractivity contribution is 0.0789. The first kappa shape index (κ1) is 10.9. The van der Waals surface area contributed by atoms with Gasteiger partial charge in [-0.05, 0) is 25.5 Å². The number of likely N-dealkylation sites (tertiary alicyclic amines) is 1. The minimum atomic E-state index is -0.328. The van der Waals surface area contributed by atoms with Crippen LogP contribution in [0.25, 0.3) is 0 Å². The predicted molar refractivity (Wildman–Crippen MR) is 60.3 cm³/mol. The Labute approximate surface area is 93.3 Å². The predicted octanol–water partition coefficient (Wildman–Crippen LogP) is -0.143. The summed E-state index contributed by atoms with van der Waals surface area (Å²) in [6.07, 6.45) is 0.801. The number of carbonyl (C=O) groups excluding carboxylic acids is 1. The van der Waals surface area contributed by atoms with Gasteiger partial charge in [-0.3, -0.25) is 9.59 Å². The van der Waals surface area contributed by atoms with E-state index < -0.39 is 0 Å². The second kappa shape index (κ2) is 4.09. The van der Waals surface area contributed by atoms with Crippen LogP contribution in [0.5, 0.6) is 0 Å². The molecule has 1 aliphatic heterocycles. The normalized spacial score (nSPS) is 20.1. The first-order chi connectivity index (χ1) is 7.58. The number of rotatable bonds is 1. The summed E-state index contributed by atoms with van der Waals surface area (Å²) in [6.45, 7) is 2.95. The van der Waals surface area contributed by atoms with Gasteiger partial charge in [-0.1, -0.05) is 0 Å². The van der Waals surface area contributed by atoms with Crippen molar-refractivity contribution in [3.8, 4) is 0 Å². The average Bonchev–Trinajstić information content (AvgIpc) is 2.64. The number of nitrogens with one attached hydrogen (secondary N) is 1. The molecule has 5 nitrogen and oxygen atoms in total. The fraction of sp³-hybridized carbons (Fsp3) is 0.455. The van der Waals surface area contributed by atoms with E-state index in [-0.39, 0.29) is 23.1 Å². The first-order valence-electron chi connectivity index (χ1n) is 5.32. The maximum absolute atomic E-state index is 12.0. The monoisotopic (exact) mass is 221 g/mol. The summed E-state index contributed by atoms with van der Waals surface area (Å²) in [5.74, 6) is -0.228. The zero-order valence-corrected chi connectivity index (χ0v) is 9.19. The number of carbonyl (C=O) groups is 1. The number of hydrogen-bond donors (Lipinski definition) is 2. The number of aryl methyl sites for hydroxylation is 1. The average molecular weight is 221 g/mol. The molecule has 1 aromatic rings. The van der Waals surface area contributed by atoms with Gasteiger partial charge in [-0.15, -0.1) is 0 Å². The van der Waals surface area contributed by atoms with Crippen LogP contribution in [0.4, 0.5) is 0 Å². The number of aromatic nitrogens is 1. The maximum atomic E-state index is 12.0. The van der Waals surface area contributed by atoms with Gasteiger partial charge in [0.1, 0.15) is 5.56 Å². The number of amides is 1. The Morgan fingerprint density at radius 1 is 1.56 bits per heavy atom. The highest BCUT2D eigenvalue weighted by Gasteiger charge is 2.25. The van der Waals surface area contributed by atoms with Crippen LogP contribution in [0.15, 0.2) is 16.9 Å². The summed E-state index contributed by atoms with van der Waals surface area (Å²) in [6, 6.07) is 3.33. The smallest absolute Gasteiger partial charge is 0.260 e. The molecule has 3 N–H and O–H groups in total. The number of aromatic amines is 1. The molecule has 5 heteroatoms. The van der Waals surface area contributed by atoms with E-state index in [0.29, 0.717) is 13.1 Å². The van der Waals surface area contributed by atoms with Gasteiger partial charge in [-0.2, -0.15) is 0 Å². The van der Waals surface area contributed by atoms with E-state index in [1.54, 1.807) is 24.0 Å². The molecule has 1 aromatic heterocycles. The van der Waals surface area contributed by atoms with Crippen LogP contribution in [0.3, 0.4) is 0 Å². The topological polar surface area (TPSA) is 79.2 Å². The highest BCUT2D eigenvalue weighted by molar-refractivity contribution is 5.94. The fourth-order valence-corrected chi connectivity index (χ4v) is 1.88. The molecule has 1 aliphatic rings. The van der Waals surface area contributed by atoms with E-state index in [4.69, 9.17) is 5.73 Å². The second-order valence-corrected chi connectivity index (χ2v) is 4.18. The van der Waals surface area contributed by atoms with Gasteiger partial charge in [0, 0.05) is 24.8 Å². The highest BCUT2D eigenvalue weighted by Crippen LogP contribution is 2.10. The summed E-state index contributed by atoms with van der Waals surface area (Å²) < 4.78 is 0. The molecule has 2 heterocycles. The molecule has 1 atom stereocenters. The Balaban J connectivity index is 2.24. The van der Waals surface area contributed by atoms with E-state index in [0.717, 1.165) is 12.1 Å². The van der Waals surface area contributed by atoms with E-state index in [2.05, 4.69) is 4.98 Å². The van der Waals surface area contributed by atoms with E-state index >= 15 is 0 Å². The third-order valence-electron chi connectivity index (χ3n) is 2.80. The zero-order valence-electron chi connectivity index (χ0n) is 9.19. The third-order valence-corrected chi connectivity index (χ3v) is 2.80. The first-order valence-corrected chi connectivity index (χ1v) is 5.32. The van der Waals surface area contributed by atoms with Crippen molar-refractivity contribution in [3.63, 3.8) is 0 Å². The Bertz CT molecular complexity index is 467. The maximum Gasteiger partial charge on any atom is 0.260 e. The van der Waals surface area contributed by atoms with E-state index in [9.17, 15) is 9.59 Å². The van der Waals surface area contributed by atoms with Crippen molar-refractivity contribution in [2.75, 3.05) is 13.1 Å². The van der Waals surface area contributed by atoms with Crippen LogP contribution in [0, 0.1) is 6.92 Å². The van der Waals surface area contributed by atoms with E-state index in [1.165, 1.54) is 0 Å². The lowest BCUT2D eigenvalue weighted by Gasteiger charge is -2.15. The van der Waals surface area contributed by atoms with Gasteiger partial charge < -0.3 is 15.6 Å². The van der Waals surface area contributed by atoms with Crippen LogP contribution >= 0.6 is 0 Å². The summed E-state index contributed by atoms with van der Waals surface area (Å²) in [7, 11) is 0. The number of hydrogen-bond acceptors (Lipinski definition) is 3. The summed E-state index contributed by atoms with van der Waals surface area (Å²) in [5, 5.41) is 0. The number of nitrogens with two attached hydrogens (primary N) is 1. The molecule has 0 bridgehead atoms. The van der Waals surface area contributed by atoms with Gasteiger partial charge >= 0.3 is 0 Å². The Hall–Kier alpha value is -1.62. The van der Waals surface area contributed by atoms with Crippen molar-refractivity contribution >= 4 is 5.91 Å². The minimum Gasteiger partial charge on any atom is -0.337 e. The molecule has 0 spiro atoms. The SMILES string of the molecule is Cc1ccc(C(=O)N2CCC(N)C2)c(=O)[nH]1. The molecule has 0 aromatic carbocycles. The van der Waals surface area contributed by atoms with Crippen LogP contribution in [0.1, 0.15) is 22.5 Å². The molecule has 0 aliphatic carbocycles. The zero-order chi connectivity index (χ0) is 11.7. The Morgan fingerprint density at radius 3 is 2.88 bits per heavy atom. The van der Waals surface area contributed by atoms with Gasteiger partial charge in [0.05, 0.1) is 0 Å². The molecule has 0 saturated carbocycles. The van der Waals surface area contributed by atoms with Crippen LogP contribution in [0.2, 0.25) is 0 Å². The minimum absolute atomic E-state index is 0.0356. The quantitative estimate of drug-likeness (QED) is 0.692. The second-order valence-electron chi connectivity index (χ2n) is 4.18. The number of H-pyrrole nitrogens is 1. The molecule has 2 rings (SSSR count). The van der Waals surface area contributed by atoms with Gasteiger partial charge in [0.15, 0.2) is 0 Å². The molecule has 1 fully saturated rings. The van der Waals surface area contributed by atoms with Crippen molar-refractivity contribution in [1.82, 2.24) is 9.88 Å². The molecule has 86 valence electrons. The lowest BCUT2D eigenvalue weighted by atomic mass is 10.2. The van der Waals surface area contributed by atoms with E-state index in [1.807, 2.05) is 0 Å². The summed E-state index contributed by atoms with van der Waals surface area (Å²) in [4.78, 5) is 27.8. The van der Waals surface area contributed by atoms with Crippen LogP contribution in [-0.2, 0) is 0 Å². The summed E-state index contributed by atoms with van der Waals surface area (Å²) >= 11 is 0. The van der Waals surface area contributed by atoms with Crippen LogP contribution in [-0.4, -0.2) is 34.9 Å². The van der Waals surface area contributed by atoms with Crippen LogP contribution < -0.4 is 11.3 Å². The number of nitrogens with zero attached hydrogens (tertiary/aromatic N) is 1. The molecule has 16 heavy (non-hydrogen) atoms. The Kier molecular flexibility index (Phi) is 2.78. The van der Waals surface area contributed by atoms with Gasteiger partial charge in [0.2, 0.25) is 0 Å². The molecular formula is C11H15N3O2. The number of pyridine rings is 1. The Morgan fingerprint density at radius 2 is 2.31 bits per heavy atom. The largest absolute Gasteiger partial charge is 0.337 e. The van der Waals surface area contributed by atoms with Crippen molar-refractivity contribution in [3.05, 3.63) is 33.7 Å². The van der Waals surface area contributed by atoms with Crippen molar-refractivity contribution < 1.29 is 4.79 Å². The molecular weight excluding hydrogens is 206 g/mol. The standard InChI is InChI=1S/C11H15N3O2/c1-7-2-3-9(10(15)13-7)11(16)14-5-4-8(12)6-14/h2-3,8H,4-6,12H2,1H3,(H,13,15). The summed E-state index contributed by atoms with van der Waals surface area (Å²) in [5.41, 5.74) is 6.34. The van der Waals surface area contributed by atoms with Crippen molar-refractivity contribution in [1.29, 1.82) is 0 Å². The van der Waals surface area contributed by atoms with Gasteiger partial charge in [-0.25, -0.2) is 0 Å². The third kappa shape index (κ3) is 1.99. The molecule has 1 unspecified atom stereocenters. The molecule has 1 saturated heterocycles. The molecule has 0 radical (unpaired) electrons. The fourth-order valence-electron chi connectivity index (χ4n) is 1.88. The highest BCUT2D eigenvalue weighted by atomic mass is 16.2. The molecule has 1 amide bonds. The lowest BCUT2D eigenvalue weighted by Crippen LogP contribution is -2.35. The van der Waals surface area contributed by atoms with Crippen molar-refractivity contribution in [2.45, 2.75) is 19.4 Å².